The molecule has 3 heteroatoms. The van der Waals surface area contributed by atoms with Crippen molar-refractivity contribution in [3.63, 3.8) is 0 Å². The first-order valence-electron chi connectivity index (χ1n) is 63.4. The maximum absolute atomic E-state index is 9.46. The zero-order valence-corrected chi connectivity index (χ0v) is 71.7. The summed E-state index contributed by atoms with van der Waals surface area (Å²) in [6.07, 6.45) is 0. The van der Waals surface area contributed by atoms with Crippen LogP contribution in [0.25, 0.3) is 274 Å². The zero-order valence-electron chi connectivity index (χ0n) is 111. The van der Waals surface area contributed by atoms with Crippen molar-refractivity contribution in [1.82, 2.24) is 0 Å². The number of fused-ring (bicyclic) bond motifs is 17. The van der Waals surface area contributed by atoms with Crippen molar-refractivity contribution in [3.05, 3.63) is 509 Å². The lowest BCUT2D eigenvalue weighted by Gasteiger charge is -2.18. The number of furan rings is 3. The molecule has 638 valence electrons. The fraction of sp³-hybridized carbons (Fsp3) is 0. The summed E-state index contributed by atoms with van der Waals surface area (Å²) in [6, 6.07) is 61.7. The molecule has 3 aromatic heterocycles. The molecule has 0 fully saturated rings. The van der Waals surface area contributed by atoms with E-state index in [0.29, 0.717) is 77.1 Å². The lowest BCUT2D eigenvalue weighted by atomic mass is 9.84. The Morgan fingerprint density at radius 1 is 0.131 bits per heavy atom. The summed E-state index contributed by atoms with van der Waals surface area (Å²) in [5.74, 6) is 0. The summed E-state index contributed by atoms with van der Waals surface area (Å²) in [4.78, 5) is 0. The third-order valence-corrected chi connectivity index (χ3v) is 25.3. The monoisotopic (exact) mass is 1780 g/mol. The molecular formula is C134H84O3. The maximum Gasteiger partial charge on any atom is 0.136 e. The highest BCUT2D eigenvalue weighted by Crippen LogP contribution is 2.53. The van der Waals surface area contributed by atoms with Crippen LogP contribution in [-0.2, 0) is 0 Å². The topological polar surface area (TPSA) is 39.4 Å². The van der Waals surface area contributed by atoms with E-state index < -0.39 is 252 Å². The van der Waals surface area contributed by atoms with Gasteiger partial charge >= 0.3 is 0 Å². The molecule has 0 saturated heterocycles. The molecule has 28 rings (SSSR count). The van der Waals surface area contributed by atoms with Gasteiger partial charge in [-0.15, -0.1) is 0 Å². The Balaban J connectivity index is 0.000000128. The second-order valence-corrected chi connectivity index (χ2v) is 32.8. The van der Waals surface area contributed by atoms with Crippen LogP contribution in [-0.4, -0.2) is 0 Å². The molecule has 28 aromatic rings. The Kier molecular flexibility index (Phi) is 12.2. The van der Waals surface area contributed by atoms with Gasteiger partial charge in [0.25, 0.3) is 0 Å². The zero-order chi connectivity index (χ0) is 124. The van der Waals surface area contributed by atoms with E-state index in [1.165, 1.54) is 0 Å². The number of benzene rings is 25. The Labute approximate surface area is 846 Å². The van der Waals surface area contributed by atoms with Crippen LogP contribution in [0.15, 0.2) is 522 Å². The van der Waals surface area contributed by atoms with Crippen LogP contribution in [0.3, 0.4) is 0 Å². The Hall–Kier alpha value is -18.0. The molecule has 137 heavy (non-hydrogen) atoms. The largest absolute Gasteiger partial charge is 0.456 e. The summed E-state index contributed by atoms with van der Waals surface area (Å²) in [7, 11) is 0. The van der Waals surface area contributed by atoms with E-state index in [-0.39, 0.29) is 98.0 Å². The summed E-state index contributed by atoms with van der Waals surface area (Å²) in [5, 5.41) is 5.42. The number of hydrogen-bond acceptors (Lipinski definition) is 3. The van der Waals surface area contributed by atoms with E-state index in [1.54, 1.807) is 54.6 Å². The third-order valence-electron chi connectivity index (χ3n) is 25.3. The predicted molar refractivity (Wildman–Crippen MR) is 581 cm³/mol. The van der Waals surface area contributed by atoms with E-state index >= 15 is 0 Å². The van der Waals surface area contributed by atoms with Crippen molar-refractivity contribution in [2.24, 2.45) is 0 Å². The smallest absolute Gasteiger partial charge is 0.136 e. The van der Waals surface area contributed by atoms with E-state index in [9.17, 15) is 16.4 Å². The molecule has 3 heterocycles. The van der Waals surface area contributed by atoms with Crippen molar-refractivity contribution in [3.8, 4) is 122 Å². The average Bonchev–Trinajstić information content (AvgIpc) is 0.953. The molecule has 0 unspecified atom stereocenters. The van der Waals surface area contributed by atoms with Crippen LogP contribution in [0.2, 0.25) is 0 Å². The van der Waals surface area contributed by atoms with Crippen LogP contribution < -0.4 is 0 Å². The van der Waals surface area contributed by atoms with Gasteiger partial charge in [0.1, 0.15) is 33.5 Å². The van der Waals surface area contributed by atoms with Gasteiger partial charge in [-0.25, -0.2) is 0 Å². The van der Waals surface area contributed by atoms with Gasteiger partial charge in [-0.3, -0.25) is 0 Å². The highest BCUT2D eigenvalue weighted by Gasteiger charge is 2.27. The molecular weight excluding hydrogens is 1660 g/mol. The molecule has 0 radical (unpaired) electrons. The molecule has 0 bridgehead atoms. The van der Waals surface area contributed by atoms with E-state index in [4.69, 9.17) is 50.3 Å². The lowest BCUT2D eigenvalue weighted by molar-refractivity contribution is 0.668. The Morgan fingerprint density at radius 2 is 0.401 bits per heavy atom. The van der Waals surface area contributed by atoms with E-state index in [0.717, 1.165) is 82.6 Å². The molecule has 0 amide bonds. The Morgan fingerprint density at radius 3 is 0.774 bits per heavy atom. The lowest BCUT2D eigenvalue weighted by Crippen LogP contribution is -1.91. The van der Waals surface area contributed by atoms with Crippen LogP contribution in [0.1, 0.15) is 53.5 Å². The first kappa shape index (κ1) is 49.5. The van der Waals surface area contributed by atoms with Gasteiger partial charge in [0.2, 0.25) is 0 Å². The maximum atomic E-state index is 9.46. The first-order valence-corrected chi connectivity index (χ1v) is 43.9. The molecule has 3 nitrogen and oxygen atoms in total. The minimum atomic E-state index is -0.722. The highest BCUT2D eigenvalue weighted by atomic mass is 16.3. The predicted octanol–water partition coefficient (Wildman–Crippen LogP) is 38.3. The summed E-state index contributed by atoms with van der Waals surface area (Å²) < 4.78 is 366. The molecule has 25 aromatic carbocycles. The SMILES string of the molecule is [2H]c1c([2H])c([2H])c(-c2c3c([2H])c([2H])c([2H])c([2H])c3c(-c3ccc4oc5ccc(-c6ccc7ccccc7c6)cc5c4c3)c3c([2H])c([2H])c([2H])c([2H])c23)c([2H])c1[2H].[2H]c1c([2H])c([2H])c(-c2c3c([2H])c([2H])c([2H])c([2H])c3c(-c3cccc4oc5cc(-c6ccccc6)c(-c6ccc7ccccc7c6)cc5c34)c3c([2H])c([2H])c([2H])c([2H])c23)c([2H])c1[2H].[2H]c1c([2H])c([2H])c(-c2c3c([2H])c([2H])c([2H])c([2H])c3c(-c3cccc4oc5cc(-c6ccccc6)c(-c6ccccc6)cc5c34)c3c([2H])c([2H])c([2H])c([2H])c23)c([2H])c1[2H]. The van der Waals surface area contributed by atoms with Gasteiger partial charge in [-0.05, 0) is 281 Å². The van der Waals surface area contributed by atoms with Crippen molar-refractivity contribution in [1.29, 1.82) is 0 Å². The van der Waals surface area contributed by atoms with Crippen LogP contribution in [0, 0.1) is 0 Å². The first-order chi connectivity index (χ1) is 84.1. The molecule has 0 saturated carbocycles. The van der Waals surface area contributed by atoms with Gasteiger partial charge in [0.15, 0.2) is 0 Å². The third kappa shape index (κ3) is 13.9. The van der Waals surface area contributed by atoms with Crippen LogP contribution in [0.4, 0.5) is 0 Å². The van der Waals surface area contributed by atoms with Crippen molar-refractivity contribution in [2.75, 3.05) is 0 Å². The fourth-order valence-electron chi connectivity index (χ4n) is 19.4. The van der Waals surface area contributed by atoms with Crippen molar-refractivity contribution >= 4 is 152 Å². The normalized spacial score (nSPS) is 15.6. The molecule has 0 spiro atoms. The van der Waals surface area contributed by atoms with Crippen molar-refractivity contribution < 1.29 is 66.7 Å². The van der Waals surface area contributed by atoms with Gasteiger partial charge in [-0.1, -0.05) is 436 Å². The summed E-state index contributed by atoms with van der Waals surface area (Å²) >= 11 is 0. The second-order valence-electron chi connectivity index (χ2n) is 32.8. The minimum Gasteiger partial charge on any atom is -0.456 e. The van der Waals surface area contributed by atoms with Gasteiger partial charge in [0, 0.05) is 32.3 Å². The average molecular weight is 1780 g/mol. The summed E-state index contributed by atoms with van der Waals surface area (Å²) in [6.45, 7) is 0. The molecule has 0 aliphatic carbocycles. The number of rotatable bonds is 11. The molecule has 0 aliphatic rings. The molecule has 0 aliphatic heterocycles. The van der Waals surface area contributed by atoms with E-state index in [2.05, 4.69) is 18.2 Å². The van der Waals surface area contributed by atoms with Crippen molar-refractivity contribution in [2.45, 2.75) is 0 Å². The van der Waals surface area contributed by atoms with Gasteiger partial charge in [0.05, 0.1) is 53.5 Å². The minimum absolute atomic E-state index is 0.0396. The van der Waals surface area contributed by atoms with Gasteiger partial charge < -0.3 is 13.3 Å². The highest BCUT2D eigenvalue weighted by molar-refractivity contribution is 6.29. The second kappa shape index (κ2) is 33.7. The quantitative estimate of drug-likeness (QED) is 0.121. The molecule has 0 N–H and O–H groups in total. The van der Waals surface area contributed by atoms with Crippen LogP contribution in [0.5, 0.6) is 0 Å². The summed E-state index contributed by atoms with van der Waals surface area (Å²) in [5.41, 5.74) is 10.8. The fourth-order valence-corrected chi connectivity index (χ4v) is 19.4. The van der Waals surface area contributed by atoms with Gasteiger partial charge in [-0.2, -0.15) is 0 Å². The molecule has 0 atom stereocenters. The van der Waals surface area contributed by atoms with Crippen LogP contribution >= 0.6 is 0 Å². The number of hydrogen-bond donors (Lipinski definition) is 0. The standard InChI is InChI=1S/C48H30O.C44H28O.C42H26O/c1-3-15-32(16-4-1)42-30-45-43(29-41(42)35-27-26-31-14-7-8-19-34(31)28-35)48-40(24-13-25-44(48)49-45)47-38-22-11-9-20-36(38)46(33-17-5-2-6-18-33)37-21-10-12-23-39(37)47;1-4-15-29(16-5-1)37-27-39-41(28-38(37)30-17-6-2-7-18-30)45-40-26-14-25-36(44(39)40)43-34-23-12-10-21-32(34)42(31-19-8-3-9-20-31)33-22-11-13-24-35(33)43;1-2-11-28(12-3-1)41-33-14-6-8-16-35(33)42(36-17-9-7-15-34(36)41)32-21-23-40-38(26-32)37-25-31(20-22-39(37)43-40)30-19-18-27-10-4-5-13-29(27)24-30/h1-30H;1-28H;1-26H/i2D,5D,6D,9D,10D,11D,12D,17D,18D,20D,21D,22D,23D;3D,8D,9D,10D,11D,12D,13D,19D,20D,21D,22D,23D,24D;1D,2D,3D,6D,7D,8D,9D,11D,12D,14D,15D,16D,17D. The Bertz CT molecular complexity index is 11900. The van der Waals surface area contributed by atoms with E-state index in [1.807, 2.05) is 200 Å².